The third kappa shape index (κ3) is 4.87. The summed E-state index contributed by atoms with van der Waals surface area (Å²) in [5.41, 5.74) is 9.63. The zero-order chi connectivity index (χ0) is 28.6. The fourth-order valence-electron chi connectivity index (χ4n) is 5.61. The molecule has 0 aliphatic rings. The standard InChI is InChI=1S/C39H25N3Se/c1-4-12-26(13-5-1)34-25-35(41-38(40-34)28-14-6-2-7-15-28)31-20-10-19-30(24-31)32-21-11-18-27-22-23-33-37(36(27)32)43-39(42-33)29-16-8-3-9-17-29/h1-25H. The SMILES string of the molecule is c1ccc(-c2cc(-c3cccc(-c4cccc5ccc6nc(-c7ccccc7)[se]c6c45)c3)nc(-c3ccccc3)n2)cc1. The van der Waals surface area contributed by atoms with E-state index >= 15 is 0 Å². The molecular formula is C39H25N3Se. The minimum atomic E-state index is 0.117. The fraction of sp³-hybridized carbons (Fsp3) is 0. The Morgan fingerprint density at radius 3 is 1.77 bits per heavy atom. The molecule has 202 valence electrons. The van der Waals surface area contributed by atoms with Gasteiger partial charge in [0.2, 0.25) is 0 Å². The van der Waals surface area contributed by atoms with Crippen LogP contribution in [0.5, 0.6) is 0 Å². The molecular weight excluding hydrogens is 589 g/mol. The number of hydrogen-bond acceptors (Lipinski definition) is 3. The van der Waals surface area contributed by atoms with Crippen LogP contribution in [0.25, 0.3) is 75.7 Å². The molecule has 0 saturated carbocycles. The Bertz CT molecular complexity index is 2170. The molecule has 0 atom stereocenters. The third-order valence-corrected chi connectivity index (χ3v) is 10.1. The normalized spacial score (nSPS) is 11.3. The van der Waals surface area contributed by atoms with E-state index in [0.717, 1.165) is 39.4 Å². The molecule has 0 aliphatic carbocycles. The molecule has 0 saturated heterocycles. The predicted molar refractivity (Wildman–Crippen MR) is 179 cm³/mol. The molecule has 3 nitrogen and oxygen atoms in total. The van der Waals surface area contributed by atoms with Crippen LogP contribution in [0, 0.1) is 0 Å². The summed E-state index contributed by atoms with van der Waals surface area (Å²) in [6, 6.07) is 52.9. The van der Waals surface area contributed by atoms with E-state index in [2.05, 4.69) is 115 Å². The van der Waals surface area contributed by atoms with Gasteiger partial charge in [-0.15, -0.1) is 0 Å². The fourth-order valence-corrected chi connectivity index (χ4v) is 8.00. The molecule has 0 unspecified atom stereocenters. The molecule has 0 amide bonds. The van der Waals surface area contributed by atoms with E-state index in [-0.39, 0.29) is 14.5 Å². The van der Waals surface area contributed by atoms with Crippen LogP contribution >= 0.6 is 0 Å². The second kappa shape index (κ2) is 10.9. The van der Waals surface area contributed by atoms with Gasteiger partial charge in [-0.3, -0.25) is 0 Å². The van der Waals surface area contributed by atoms with Crippen molar-refractivity contribution in [3.8, 4) is 55.2 Å². The van der Waals surface area contributed by atoms with Crippen LogP contribution in [0.3, 0.4) is 0 Å². The Balaban J connectivity index is 1.29. The summed E-state index contributed by atoms with van der Waals surface area (Å²) in [5, 5.41) is 2.54. The van der Waals surface area contributed by atoms with Gasteiger partial charge in [0.25, 0.3) is 0 Å². The summed E-state index contributed by atoms with van der Waals surface area (Å²) in [6.45, 7) is 0. The van der Waals surface area contributed by atoms with Crippen LogP contribution in [0.2, 0.25) is 0 Å². The van der Waals surface area contributed by atoms with Crippen LogP contribution in [0.4, 0.5) is 0 Å². The van der Waals surface area contributed by atoms with E-state index in [1.54, 1.807) is 0 Å². The second-order valence-corrected chi connectivity index (χ2v) is 12.6. The first-order valence-corrected chi connectivity index (χ1v) is 16.0. The molecule has 0 N–H and O–H groups in total. The first-order chi connectivity index (χ1) is 21.3. The summed E-state index contributed by atoms with van der Waals surface area (Å²) in [7, 11) is 0. The molecule has 0 aliphatic heterocycles. The summed E-state index contributed by atoms with van der Waals surface area (Å²) in [6.07, 6.45) is 0. The van der Waals surface area contributed by atoms with Crippen molar-refractivity contribution in [2.45, 2.75) is 0 Å². The maximum atomic E-state index is 5.08. The zero-order valence-electron chi connectivity index (χ0n) is 23.2. The van der Waals surface area contributed by atoms with Crippen LogP contribution in [-0.4, -0.2) is 29.5 Å². The minimum absolute atomic E-state index is 0.117. The molecule has 43 heavy (non-hydrogen) atoms. The Labute approximate surface area is 255 Å². The van der Waals surface area contributed by atoms with E-state index in [1.165, 1.54) is 36.3 Å². The van der Waals surface area contributed by atoms with Gasteiger partial charge in [0.15, 0.2) is 0 Å². The van der Waals surface area contributed by atoms with Gasteiger partial charge in [0, 0.05) is 0 Å². The summed E-state index contributed by atoms with van der Waals surface area (Å²) in [5.74, 6) is 0.721. The molecule has 0 spiro atoms. The van der Waals surface area contributed by atoms with Gasteiger partial charge in [0.05, 0.1) is 0 Å². The molecule has 6 aromatic carbocycles. The number of fused-ring (bicyclic) bond motifs is 3. The first-order valence-electron chi connectivity index (χ1n) is 14.3. The van der Waals surface area contributed by atoms with Crippen molar-refractivity contribution in [2.24, 2.45) is 0 Å². The third-order valence-electron chi connectivity index (χ3n) is 7.72. The van der Waals surface area contributed by atoms with Crippen molar-refractivity contribution < 1.29 is 0 Å². The van der Waals surface area contributed by atoms with E-state index in [9.17, 15) is 0 Å². The zero-order valence-corrected chi connectivity index (χ0v) is 24.9. The Kier molecular flexibility index (Phi) is 6.49. The van der Waals surface area contributed by atoms with Crippen LogP contribution in [0.15, 0.2) is 152 Å². The van der Waals surface area contributed by atoms with Gasteiger partial charge in [-0.05, 0) is 0 Å². The van der Waals surface area contributed by atoms with E-state index in [1.807, 2.05) is 36.4 Å². The molecule has 0 fully saturated rings. The van der Waals surface area contributed by atoms with Gasteiger partial charge in [-0.1, -0.05) is 12.1 Å². The Morgan fingerprint density at radius 1 is 0.419 bits per heavy atom. The van der Waals surface area contributed by atoms with Crippen molar-refractivity contribution in [1.82, 2.24) is 15.0 Å². The summed E-state index contributed by atoms with van der Waals surface area (Å²) < 4.78 is 2.53. The van der Waals surface area contributed by atoms with E-state index in [4.69, 9.17) is 15.0 Å². The number of hydrogen-bond donors (Lipinski definition) is 0. The number of nitrogens with zero attached hydrogens (tertiary/aromatic N) is 3. The monoisotopic (exact) mass is 615 g/mol. The maximum absolute atomic E-state index is 5.08. The van der Waals surface area contributed by atoms with Gasteiger partial charge >= 0.3 is 245 Å². The topological polar surface area (TPSA) is 38.7 Å². The second-order valence-electron chi connectivity index (χ2n) is 10.5. The average Bonchev–Trinajstić information content (AvgIpc) is 3.54. The molecule has 0 bridgehead atoms. The van der Waals surface area contributed by atoms with E-state index in [0.29, 0.717) is 0 Å². The molecule has 8 aromatic rings. The molecule has 2 aromatic heterocycles. The predicted octanol–water partition coefficient (Wildman–Crippen LogP) is 9.57. The molecule has 4 heteroatoms. The van der Waals surface area contributed by atoms with Crippen LogP contribution in [-0.2, 0) is 0 Å². The number of aromatic nitrogens is 3. The van der Waals surface area contributed by atoms with Crippen LogP contribution in [0.1, 0.15) is 0 Å². The summed E-state index contributed by atoms with van der Waals surface area (Å²) in [4.78, 5) is 15.1. The first kappa shape index (κ1) is 25.6. The Hall–Kier alpha value is -5.15. The van der Waals surface area contributed by atoms with E-state index < -0.39 is 0 Å². The van der Waals surface area contributed by atoms with Crippen molar-refractivity contribution in [1.29, 1.82) is 0 Å². The number of benzene rings is 6. The average molecular weight is 615 g/mol. The molecule has 2 heterocycles. The Morgan fingerprint density at radius 2 is 1.02 bits per heavy atom. The van der Waals surface area contributed by atoms with Gasteiger partial charge < -0.3 is 0 Å². The quantitative estimate of drug-likeness (QED) is 0.181. The molecule has 0 radical (unpaired) electrons. The van der Waals surface area contributed by atoms with Crippen molar-refractivity contribution in [2.75, 3.05) is 0 Å². The summed E-state index contributed by atoms with van der Waals surface area (Å²) >= 11 is 0.117. The van der Waals surface area contributed by atoms with Crippen molar-refractivity contribution >= 4 is 35.1 Å². The van der Waals surface area contributed by atoms with Gasteiger partial charge in [-0.25, -0.2) is 0 Å². The van der Waals surface area contributed by atoms with Crippen LogP contribution < -0.4 is 0 Å². The van der Waals surface area contributed by atoms with Gasteiger partial charge in [-0.2, -0.15) is 0 Å². The van der Waals surface area contributed by atoms with Crippen molar-refractivity contribution in [3.63, 3.8) is 0 Å². The molecule has 8 rings (SSSR count). The van der Waals surface area contributed by atoms with Gasteiger partial charge in [0.1, 0.15) is 0 Å². The number of rotatable bonds is 5. The van der Waals surface area contributed by atoms with Crippen molar-refractivity contribution in [3.05, 3.63) is 152 Å².